The number of carboxylic acid groups (broad SMARTS) is 1. The second-order valence-corrected chi connectivity index (χ2v) is 4.24. The quantitative estimate of drug-likeness (QED) is 0.807. The molecule has 1 aromatic carbocycles. The predicted molar refractivity (Wildman–Crippen MR) is 68.4 cm³/mol. The smallest absolute Gasteiger partial charge is 0.403 e. The van der Waals surface area contributed by atoms with E-state index < -0.39 is 24.6 Å². The fourth-order valence-corrected chi connectivity index (χ4v) is 1.69. The van der Waals surface area contributed by atoms with Crippen molar-refractivity contribution in [3.63, 3.8) is 0 Å². The number of ether oxygens (including phenoxy) is 2. The standard InChI is InChI=1S/C13H16F3NO4/c1-20-9-4-3-8(11(5-9)21-2)6-17-7-10(12(18)19)13(14,15)16/h3-5,10,17H,6-7H2,1-2H3,(H,18,19). The monoisotopic (exact) mass is 307 g/mol. The van der Waals surface area contributed by atoms with E-state index in [2.05, 4.69) is 5.32 Å². The van der Waals surface area contributed by atoms with Crippen LogP contribution in [0.5, 0.6) is 11.5 Å². The molecule has 0 bridgehead atoms. The molecule has 1 aromatic rings. The van der Waals surface area contributed by atoms with Gasteiger partial charge in [-0.25, -0.2) is 0 Å². The molecule has 0 saturated heterocycles. The Balaban J connectivity index is 2.69. The van der Waals surface area contributed by atoms with Crippen LogP contribution in [0.3, 0.4) is 0 Å². The topological polar surface area (TPSA) is 67.8 Å². The number of carbonyl (C=O) groups is 1. The minimum absolute atomic E-state index is 0.0486. The van der Waals surface area contributed by atoms with Crippen molar-refractivity contribution < 1.29 is 32.5 Å². The minimum Gasteiger partial charge on any atom is -0.497 e. The third-order valence-electron chi connectivity index (χ3n) is 2.85. The van der Waals surface area contributed by atoms with Gasteiger partial charge in [0.05, 0.1) is 14.2 Å². The Morgan fingerprint density at radius 3 is 2.48 bits per heavy atom. The Hall–Kier alpha value is -1.96. The van der Waals surface area contributed by atoms with E-state index in [4.69, 9.17) is 14.6 Å². The van der Waals surface area contributed by atoms with Crippen molar-refractivity contribution in [2.45, 2.75) is 12.7 Å². The lowest BCUT2D eigenvalue weighted by Gasteiger charge is -2.17. The lowest BCUT2D eigenvalue weighted by molar-refractivity contribution is -0.192. The van der Waals surface area contributed by atoms with Gasteiger partial charge >= 0.3 is 12.1 Å². The second kappa shape index (κ2) is 7.16. The highest BCUT2D eigenvalue weighted by Gasteiger charge is 2.44. The fourth-order valence-electron chi connectivity index (χ4n) is 1.69. The molecule has 2 N–H and O–H groups in total. The van der Waals surface area contributed by atoms with Gasteiger partial charge in [-0.15, -0.1) is 0 Å². The number of methoxy groups -OCH3 is 2. The van der Waals surface area contributed by atoms with Crippen LogP contribution in [-0.2, 0) is 11.3 Å². The molecular formula is C13H16F3NO4. The van der Waals surface area contributed by atoms with Gasteiger partial charge in [-0.1, -0.05) is 6.07 Å². The van der Waals surface area contributed by atoms with Crippen molar-refractivity contribution in [1.82, 2.24) is 5.32 Å². The van der Waals surface area contributed by atoms with E-state index in [0.29, 0.717) is 17.1 Å². The summed E-state index contributed by atoms with van der Waals surface area (Å²) >= 11 is 0. The number of hydrogen-bond acceptors (Lipinski definition) is 4. The summed E-state index contributed by atoms with van der Waals surface area (Å²) in [7, 11) is 2.90. The molecule has 0 heterocycles. The van der Waals surface area contributed by atoms with Crippen LogP contribution < -0.4 is 14.8 Å². The van der Waals surface area contributed by atoms with Gasteiger partial charge in [0.25, 0.3) is 0 Å². The SMILES string of the molecule is COc1ccc(CNCC(C(=O)O)C(F)(F)F)c(OC)c1. The van der Waals surface area contributed by atoms with Gasteiger partial charge < -0.3 is 19.9 Å². The zero-order valence-electron chi connectivity index (χ0n) is 11.5. The van der Waals surface area contributed by atoms with Gasteiger partial charge in [0.2, 0.25) is 0 Å². The second-order valence-electron chi connectivity index (χ2n) is 4.24. The van der Waals surface area contributed by atoms with Crippen molar-refractivity contribution in [3.05, 3.63) is 23.8 Å². The number of carboxylic acids is 1. The average molecular weight is 307 g/mol. The van der Waals surface area contributed by atoms with E-state index in [1.165, 1.54) is 14.2 Å². The Kier molecular flexibility index (Phi) is 5.83. The highest BCUT2D eigenvalue weighted by atomic mass is 19.4. The highest BCUT2D eigenvalue weighted by molar-refractivity contribution is 5.71. The molecule has 5 nitrogen and oxygen atoms in total. The summed E-state index contributed by atoms with van der Waals surface area (Å²) in [4.78, 5) is 10.6. The number of hydrogen-bond donors (Lipinski definition) is 2. The number of rotatable bonds is 7. The lowest BCUT2D eigenvalue weighted by atomic mass is 10.1. The predicted octanol–water partition coefficient (Wildman–Crippen LogP) is 2.06. The molecule has 0 aliphatic rings. The third kappa shape index (κ3) is 4.82. The molecule has 21 heavy (non-hydrogen) atoms. The van der Waals surface area contributed by atoms with E-state index in [9.17, 15) is 18.0 Å². The first-order valence-corrected chi connectivity index (χ1v) is 6.00. The normalized spacial score (nSPS) is 12.8. The summed E-state index contributed by atoms with van der Waals surface area (Å²) in [5.74, 6) is -3.35. The molecule has 1 atom stereocenters. The molecule has 0 saturated carbocycles. The van der Waals surface area contributed by atoms with Crippen molar-refractivity contribution in [3.8, 4) is 11.5 Å². The van der Waals surface area contributed by atoms with Crippen LogP contribution in [0.25, 0.3) is 0 Å². The molecule has 0 aliphatic carbocycles. The first-order valence-electron chi connectivity index (χ1n) is 6.00. The minimum atomic E-state index is -4.79. The van der Waals surface area contributed by atoms with E-state index in [1.54, 1.807) is 18.2 Å². The number of halogens is 3. The molecule has 0 radical (unpaired) electrons. The molecule has 0 amide bonds. The van der Waals surface area contributed by atoms with E-state index in [1.807, 2.05) is 0 Å². The number of benzene rings is 1. The zero-order valence-corrected chi connectivity index (χ0v) is 11.5. The van der Waals surface area contributed by atoms with Crippen LogP contribution in [0.4, 0.5) is 13.2 Å². The van der Waals surface area contributed by atoms with Gasteiger partial charge in [0, 0.05) is 24.7 Å². The van der Waals surface area contributed by atoms with E-state index in [-0.39, 0.29) is 6.54 Å². The molecule has 0 spiro atoms. The summed E-state index contributed by atoms with van der Waals surface area (Å²) in [5.41, 5.74) is 0.601. The molecular weight excluding hydrogens is 291 g/mol. The van der Waals surface area contributed by atoms with Crippen molar-refractivity contribution in [2.24, 2.45) is 5.92 Å². The molecule has 118 valence electrons. The van der Waals surface area contributed by atoms with Gasteiger partial charge in [-0.05, 0) is 6.07 Å². The molecule has 1 rings (SSSR count). The van der Waals surface area contributed by atoms with Gasteiger partial charge in [-0.2, -0.15) is 13.2 Å². The molecule has 8 heteroatoms. The number of nitrogens with one attached hydrogen (secondary N) is 1. The maximum Gasteiger partial charge on any atom is 0.403 e. The first kappa shape index (κ1) is 17.1. The number of alkyl halides is 3. The third-order valence-corrected chi connectivity index (χ3v) is 2.85. The van der Waals surface area contributed by atoms with Crippen LogP contribution >= 0.6 is 0 Å². The van der Waals surface area contributed by atoms with Crippen LogP contribution in [0.15, 0.2) is 18.2 Å². The summed E-state index contributed by atoms with van der Waals surface area (Å²) in [6, 6.07) is 4.86. The maximum atomic E-state index is 12.5. The molecule has 0 aliphatic heterocycles. The highest BCUT2D eigenvalue weighted by Crippen LogP contribution is 2.27. The van der Waals surface area contributed by atoms with E-state index >= 15 is 0 Å². The summed E-state index contributed by atoms with van der Waals surface area (Å²) in [5, 5.41) is 11.1. The Morgan fingerprint density at radius 1 is 1.33 bits per heavy atom. The summed E-state index contributed by atoms with van der Waals surface area (Å²) in [6.45, 7) is -0.666. The van der Waals surface area contributed by atoms with Gasteiger partial charge in [0.15, 0.2) is 5.92 Å². The Labute approximate surface area is 119 Å². The van der Waals surface area contributed by atoms with Crippen LogP contribution in [0.2, 0.25) is 0 Å². The van der Waals surface area contributed by atoms with Gasteiger partial charge in [0.1, 0.15) is 11.5 Å². The Morgan fingerprint density at radius 2 is 2.00 bits per heavy atom. The average Bonchev–Trinajstić information content (AvgIpc) is 2.41. The fraction of sp³-hybridized carbons (Fsp3) is 0.462. The van der Waals surface area contributed by atoms with Crippen LogP contribution in [-0.4, -0.2) is 38.0 Å². The molecule has 0 fully saturated rings. The van der Waals surface area contributed by atoms with Crippen LogP contribution in [0, 0.1) is 5.92 Å². The zero-order chi connectivity index (χ0) is 16.0. The summed E-state index contributed by atoms with van der Waals surface area (Å²) < 4.78 is 47.5. The van der Waals surface area contributed by atoms with Gasteiger partial charge in [-0.3, -0.25) is 4.79 Å². The first-order chi connectivity index (χ1) is 9.79. The van der Waals surface area contributed by atoms with Crippen molar-refractivity contribution in [2.75, 3.05) is 20.8 Å². The van der Waals surface area contributed by atoms with Crippen molar-refractivity contribution >= 4 is 5.97 Å². The molecule has 0 aromatic heterocycles. The largest absolute Gasteiger partial charge is 0.497 e. The number of aliphatic carboxylic acids is 1. The summed E-state index contributed by atoms with van der Waals surface area (Å²) in [6.07, 6.45) is -4.79. The van der Waals surface area contributed by atoms with E-state index in [0.717, 1.165) is 0 Å². The van der Waals surface area contributed by atoms with Crippen molar-refractivity contribution in [1.29, 1.82) is 0 Å². The lowest BCUT2D eigenvalue weighted by Crippen LogP contribution is -2.38. The molecule has 1 unspecified atom stereocenters. The van der Waals surface area contributed by atoms with Crippen LogP contribution in [0.1, 0.15) is 5.56 Å². The Bertz CT molecular complexity index is 491. The maximum absolute atomic E-state index is 12.5.